The lowest BCUT2D eigenvalue weighted by Crippen LogP contribution is -2.40. The zero-order valence-electron chi connectivity index (χ0n) is 15.2. The molecule has 5 nitrogen and oxygen atoms in total. The van der Waals surface area contributed by atoms with E-state index < -0.39 is 10.0 Å². The molecule has 25 heavy (non-hydrogen) atoms. The van der Waals surface area contributed by atoms with E-state index in [4.69, 9.17) is 0 Å². The standard InChI is InChI=1S/C19H28N2O3S/c1-4-20-25(23,24)16-8-5-12(2)17(11-16)19(22)21-13(3)18-10-14-6-7-15(18)9-14/h5,8,11,13-15,18,20H,4,6-7,9-10H2,1-3H3,(H,21,22)/t13-,14+,15+,18+/m1/s1. The van der Waals surface area contributed by atoms with Crippen LogP contribution in [0.15, 0.2) is 23.1 Å². The van der Waals surface area contributed by atoms with Crippen molar-refractivity contribution in [3.63, 3.8) is 0 Å². The second-order valence-corrected chi connectivity index (χ2v) is 9.35. The largest absolute Gasteiger partial charge is 0.349 e. The number of nitrogens with one attached hydrogen (secondary N) is 2. The van der Waals surface area contributed by atoms with Crippen molar-refractivity contribution in [2.45, 2.75) is 57.4 Å². The zero-order valence-corrected chi connectivity index (χ0v) is 16.0. The highest BCUT2D eigenvalue weighted by atomic mass is 32.2. The van der Waals surface area contributed by atoms with Crippen molar-refractivity contribution in [3.05, 3.63) is 29.3 Å². The van der Waals surface area contributed by atoms with Gasteiger partial charge in [-0.15, -0.1) is 0 Å². The average molecular weight is 365 g/mol. The maximum absolute atomic E-state index is 12.7. The van der Waals surface area contributed by atoms with Gasteiger partial charge in [-0.1, -0.05) is 19.4 Å². The molecule has 2 bridgehead atoms. The molecule has 138 valence electrons. The molecule has 2 fully saturated rings. The number of rotatable bonds is 6. The molecule has 3 rings (SSSR count). The van der Waals surface area contributed by atoms with Gasteiger partial charge < -0.3 is 5.32 Å². The number of carbonyl (C=O) groups is 1. The average Bonchev–Trinajstić information content (AvgIpc) is 3.18. The number of fused-ring (bicyclic) bond motifs is 2. The first-order chi connectivity index (χ1) is 11.8. The highest BCUT2D eigenvalue weighted by molar-refractivity contribution is 7.89. The van der Waals surface area contributed by atoms with E-state index in [0.29, 0.717) is 18.0 Å². The lowest BCUT2D eigenvalue weighted by Gasteiger charge is -2.28. The fourth-order valence-electron chi connectivity index (χ4n) is 4.58. The van der Waals surface area contributed by atoms with Crippen LogP contribution in [0.5, 0.6) is 0 Å². The Morgan fingerprint density at radius 3 is 2.64 bits per heavy atom. The zero-order chi connectivity index (χ0) is 18.2. The molecule has 2 aliphatic rings. The van der Waals surface area contributed by atoms with Gasteiger partial charge in [0.1, 0.15) is 0 Å². The van der Waals surface area contributed by atoms with Crippen LogP contribution in [0.4, 0.5) is 0 Å². The summed E-state index contributed by atoms with van der Waals surface area (Å²) in [4.78, 5) is 12.9. The molecule has 2 aliphatic carbocycles. The summed E-state index contributed by atoms with van der Waals surface area (Å²) in [6, 6.07) is 4.84. The molecule has 6 heteroatoms. The van der Waals surface area contributed by atoms with Crippen LogP contribution in [0.25, 0.3) is 0 Å². The fourth-order valence-corrected chi connectivity index (χ4v) is 5.65. The summed E-state index contributed by atoms with van der Waals surface area (Å²) >= 11 is 0. The third kappa shape index (κ3) is 3.75. The fraction of sp³-hybridized carbons (Fsp3) is 0.632. The molecule has 0 heterocycles. The van der Waals surface area contributed by atoms with Crippen molar-refractivity contribution in [2.75, 3.05) is 6.54 Å². The van der Waals surface area contributed by atoms with Crippen LogP contribution in [-0.2, 0) is 10.0 Å². The van der Waals surface area contributed by atoms with Gasteiger partial charge in [0, 0.05) is 18.2 Å². The van der Waals surface area contributed by atoms with Crippen LogP contribution in [-0.4, -0.2) is 26.9 Å². The van der Waals surface area contributed by atoms with E-state index in [9.17, 15) is 13.2 Å². The highest BCUT2D eigenvalue weighted by Crippen LogP contribution is 2.49. The Balaban J connectivity index is 1.75. The third-order valence-corrected chi connectivity index (χ3v) is 7.44. The van der Waals surface area contributed by atoms with Gasteiger partial charge >= 0.3 is 0 Å². The number of hydrogen-bond donors (Lipinski definition) is 2. The van der Waals surface area contributed by atoms with Crippen LogP contribution in [0.3, 0.4) is 0 Å². The molecule has 2 N–H and O–H groups in total. The van der Waals surface area contributed by atoms with Crippen molar-refractivity contribution >= 4 is 15.9 Å². The summed E-state index contributed by atoms with van der Waals surface area (Å²) in [5.74, 6) is 1.95. The van der Waals surface area contributed by atoms with Crippen LogP contribution in [0.2, 0.25) is 0 Å². The second kappa shape index (κ2) is 7.08. The molecule has 4 atom stereocenters. The first-order valence-electron chi connectivity index (χ1n) is 9.23. The van der Waals surface area contributed by atoms with Gasteiger partial charge in [0.05, 0.1) is 4.90 Å². The Labute approximate surface area is 150 Å². The van der Waals surface area contributed by atoms with Gasteiger partial charge in [-0.05, 0) is 68.6 Å². The molecule has 0 aliphatic heterocycles. The second-order valence-electron chi connectivity index (χ2n) is 7.58. The van der Waals surface area contributed by atoms with Crippen LogP contribution < -0.4 is 10.0 Å². The molecule has 0 saturated heterocycles. The topological polar surface area (TPSA) is 75.3 Å². The minimum atomic E-state index is -3.56. The maximum atomic E-state index is 12.7. The molecule has 2 saturated carbocycles. The molecular formula is C19H28N2O3S. The predicted molar refractivity (Wildman–Crippen MR) is 97.9 cm³/mol. The number of carbonyl (C=O) groups excluding carboxylic acids is 1. The Morgan fingerprint density at radius 1 is 1.28 bits per heavy atom. The minimum Gasteiger partial charge on any atom is -0.349 e. The van der Waals surface area contributed by atoms with Gasteiger partial charge in [-0.3, -0.25) is 4.79 Å². The van der Waals surface area contributed by atoms with Gasteiger partial charge in [0.2, 0.25) is 10.0 Å². The summed E-state index contributed by atoms with van der Waals surface area (Å²) < 4.78 is 26.9. The normalized spacial score (nSPS) is 26.6. The highest BCUT2D eigenvalue weighted by Gasteiger charge is 2.42. The van der Waals surface area contributed by atoms with Gasteiger partial charge in [-0.2, -0.15) is 0 Å². The summed E-state index contributed by atoms with van der Waals surface area (Å²) in [7, 11) is -3.56. The summed E-state index contributed by atoms with van der Waals surface area (Å²) in [5, 5.41) is 3.12. The lowest BCUT2D eigenvalue weighted by atomic mass is 9.84. The molecule has 1 aromatic carbocycles. The quantitative estimate of drug-likeness (QED) is 0.815. The van der Waals surface area contributed by atoms with E-state index in [2.05, 4.69) is 17.0 Å². The summed E-state index contributed by atoms with van der Waals surface area (Å²) in [5.41, 5.74) is 1.22. The Kier molecular flexibility index (Phi) is 5.21. The van der Waals surface area contributed by atoms with E-state index in [0.717, 1.165) is 17.4 Å². The summed E-state index contributed by atoms with van der Waals surface area (Å²) in [6.45, 7) is 5.97. The van der Waals surface area contributed by atoms with Crippen molar-refractivity contribution in [2.24, 2.45) is 17.8 Å². The molecule has 0 spiro atoms. The summed E-state index contributed by atoms with van der Waals surface area (Å²) in [6.07, 6.45) is 5.14. The van der Waals surface area contributed by atoms with E-state index >= 15 is 0 Å². The van der Waals surface area contributed by atoms with Crippen LogP contribution >= 0.6 is 0 Å². The van der Waals surface area contributed by atoms with Gasteiger partial charge in [0.25, 0.3) is 5.91 Å². The van der Waals surface area contributed by atoms with Crippen molar-refractivity contribution < 1.29 is 13.2 Å². The number of sulfonamides is 1. The molecule has 1 aromatic rings. The Hall–Kier alpha value is -1.40. The third-order valence-electron chi connectivity index (χ3n) is 5.89. The van der Waals surface area contributed by atoms with E-state index in [1.54, 1.807) is 19.1 Å². The number of aryl methyl sites for hydroxylation is 1. The number of amides is 1. The van der Waals surface area contributed by atoms with Crippen molar-refractivity contribution in [1.82, 2.24) is 10.0 Å². The first-order valence-corrected chi connectivity index (χ1v) is 10.7. The first kappa shape index (κ1) is 18.4. The lowest BCUT2D eigenvalue weighted by molar-refractivity contribution is 0.0914. The van der Waals surface area contributed by atoms with Gasteiger partial charge in [0.15, 0.2) is 0 Å². The number of hydrogen-bond acceptors (Lipinski definition) is 3. The molecule has 1 amide bonds. The monoisotopic (exact) mass is 364 g/mol. The molecule has 0 radical (unpaired) electrons. The Morgan fingerprint density at radius 2 is 2.04 bits per heavy atom. The smallest absolute Gasteiger partial charge is 0.251 e. The van der Waals surface area contributed by atoms with Crippen molar-refractivity contribution in [3.8, 4) is 0 Å². The maximum Gasteiger partial charge on any atom is 0.251 e. The molecule has 0 aromatic heterocycles. The van der Waals surface area contributed by atoms with Crippen LogP contribution in [0, 0.1) is 24.7 Å². The van der Waals surface area contributed by atoms with E-state index in [1.165, 1.54) is 31.7 Å². The van der Waals surface area contributed by atoms with Crippen molar-refractivity contribution in [1.29, 1.82) is 0 Å². The SMILES string of the molecule is CCNS(=O)(=O)c1ccc(C)c(C(=O)N[C@H](C)[C@@H]2C[C@H]3CC[C@H]2C3)c1. The predicted octanol–water partition coefficient (Wildman–Crippen LogP) is 2.85. The number of benzene rings is 1. The molecular weight excluding hydrogens is 336 g/mol. The minimum absolute atomic E-state index is 0.122. The van der Waals surface area contributed by atoms with E-state index in [-0.39, 0.29) is 16.8 Å². The van der Waals surface area contributed by atoms with Crippen LogP contribution in [0.1, 0.15) is 55.5 Å². The van der Waals surface area contributed by atoms with Gasteiger partial charge in [-0.25, -0.2) is 13.1 Å². The molecule has 0 unspecified atom stereocenters. The Bertz CT molecular complexity index is 760. The van der Waals surface area contributed by atoms with E-state index in [1.807, 2.05) is 6.92 Å².